The summed E-state index contributed by atoms with van der Waals surface area (Å²) in [6, 6.07) is 9.53. The van der Waals surface area contributed by atoms with E-state index in [1.54, 1.807) is 6.92 Å². The Labute approximate surface area is 114 Å². The zero-order chi connectivity index (χ0) is 13.9. The van der Waals surface area contributed by atoms with E-state index in [9.17, 15) is 9.90 Å². The van der Waals surface area contributed by atoms with Crippen LogP contribution in [0, 0.1) is 5.92 Å². The van der Waals surface area contributed by atoms with E-state index in [2.05, 4.69) is 5.32 Å². The number of nitrogens with one attached hydrogen (secondary N) is 1. The molecular weight excluding hydrogens is 240 g/mol. The molecule has 1 saturated carbocycles. The van der Waals surface area contributed by atoms with Crippen LogP contribution in [-0.2, 0) is 11.2 Å². The molecule has 1 aliphatic carbocycles. The Morgan fingerprint density at radius 1 is 1.47 bits per heavy atom. The van der Waals surface area contributed by atoms with Crippen LogP contribution < -0.4 is 11.1 Å². The van der Waals surface area contributed by atoms with Gasteiger partial charge in [0, 0.05) is 0 Å². The van der Waals surface area contributed by atoms with Crippen molar-refractivity contribution in [1.82, 2.24) is 5.32 Å². The predicted octanol–water partition coefficient (Wildman–Crippen LogP) is 0.834. The third-order valence-corrected chi connectivity index (χ3v) is 3.80. The van der Waals surface area contributed by atoms with E-state index in [1.807, 2.05) is 30.3 Å². The maximum absolute atomic E-state index is 12.2. The highest BCUT2D eigenvalue weighted by Gasteiger charge is 2.44. The quantitative estimate of drug-likeness (QED) is 0.711. The summed E-state index contributed by atoms with van der Waals surface area (Å²) in [5.74, 6) is 0.119. The molecule has 0 aromatic heterocycles. The Hall–Kier alpha value is -1.39. The first-order valence-electron chi connectivity index (χ1n) is 6.78. The van der Waals surface area contributed by atoms with Gasteiger partial charge in [0.2, 0.25) is 5.91 Å². The van der Waals surface area contributed by atoms with E-state index in [0.717, 1.165) is 18.4 Å². The molecule has 2 unspecified atom stereocenters. The average Bonchev–Trinajstić information content (AvgIpc) is 3.23. The first-order valence-corrected chi connectivity index (χ1v) is 6.78. The lowest BCUT2D eigenvalue weighted by Gasteiger charge is -2.26. The molecule has 0 radical (unpaired) electrons. The lowest BCUT2D eigenvalue weighted by atomic mass is 9.95. The number of hydrogen-bond donors (Lipinski definition) is 3. The molecule has 4 heteroatoms. The van der Waals surface area contributed by atoms with E-state index < -0.39 is 5.54 Å². The highest BCUT2D eigenvalue weighted by Crippen LogP contribution is 2.38. The van der Waals surface area contributed by atoms with Gasteiger partial charge < -0.3 is 16.2 Å². The Balaban J connectivity index is 1.93. The van der Waals surface area contributed by atoms with Crippen LogP contribution in [-0.4, -0.2) is 29.2 Å². The smallest absolute Gasteiger partial charge is 0.240 e. The van der Waals surface area contributed by atoms with Crippen molar-refractivity contribution in [2.75, 3.05) is 6.61 Å². The summed E-state index contributed by atoms with van der Waals surface area (Å²) in [6.45, 7) is 1.69. The van der Waals surface area contributed by atoms with Gasteiger partial charge in [-0.15, -0.1) is 0 Å². The lowest BCUT2D eigenvalue weighted by Crippen LogP contribution is -2.56. The molecule has 0 bridgehead atoms. The fraction of sp³-hybridized carbons (Fsp3) is 0.533. The van der Waals surface area contributed by atoms with Crippen molar-refractivity contribution in [3.63, 3.8) is 0 Å². The largest absolute Gasteiger partial charge is 0.394 e. The number of nitrogens with two attached hydrogens (primary N) is 1. The van der Waals surface area contributed by atoms with Gasteiger partial charge in [0.25, 0.3) is 0 Å². The van der Waals surface area contributed by atoms with Crippen LogP contribution >= 0.6 is 0 Å². The fourth-order valence-electron chi connectivity index (χ4n) is 2.27. The van der Waals surface area contributed by atoms with Gasteiger partial charge in [-0.05, 0) is 37.7 Å². The van der Waals surface area contributed by atoms with Gasteiger partial charge in [-0.3, -0.25) is 4.79 Å². The summed E-state index contributed by atoms with van der Waals surface area (Å²) in [5, 5.41) is 12.3. The number of rotatable bonds is 6. The minimum absolute atomic E-state index is 0.0820. The number of carbonyl (C=O) groups excluding carboxylic acids is 1. The van der Waals surface area contributed by atoms with Gasteiger partial charge in [0.05, 0.1) is 18.2 Å². The topological polar surface area (TPSA) is 75.4 Å². The van der Waals surface area contributed by atoms with Crippen molar-refractivity contribution < 1.29 is 9.90 Å². The number of benzene rings is 1. The standard InChI is InChI=1S/C15H22N2O2/c1-15(16,12-7-8-12)14(19)17-13(10-18)9-11-5-3-2-4-6-11/h2-6,12-13,18H,7-10,16H2,1H3,(H,17,19). The monoisotopic (exact) mass is 262 g/mol. The van der Waals surface area contributed by atoms with Crippen LogP contribution in [0.5, 0.6) is 0 Å². The molecule has 104 valence electrons. The molecule has 2 atom stereocenters. The van der Waals surface area contributed by atoms with Crippen molar-refractivity contribution in [3.05, 3.63) is 35.9 Å². The van der Waals surface area contributed by atoms with Crippen molar-refractivity contribution >= 4 is 5.91 Å². The molecule has 2 rings (SSSR count). The van der Waals surface area contributed by atoms with Gasteiger partial charge in [0.15, 0.2) is 0 Å². The van der Waals surface area contributed by atoms with Crippen LogP contribution in [0.15, 0.2) is 30.3 Å². The molecule has 1 aromatic carbocycles. The first-order chi connectivity index (χ1) is 9.04. The minimum atomic E-state index is -0.815. The number of carbonyl (C=O) groups is 1. The molecule has 19 heavy (non-hydrogen) atoms. The summed E-state index contributed by atoms with van der Waals surface area (Å²) in [4.78, 5) is 12.2. The number of aliphatic hydroxyl groups excluding tert-OH is 1. The van der Waals surface area contributed by atoms with Crippen LogP contribution in [0.4, 0.5) is 0 Å². The van der Waals surface area contributed by atoms with E-state index in [-0.39, 0.29) is 24.5 Å². The number of aliphatic hydroxyl groups is 1. The van der Waals surface area contributed by atoms with Crippen LogP contribution in [0.3, 0.4) is 0 Å². The molecule has 0 spiro atoms. The van der Waals surface area contributed by atoms with Crippen molar-refractivity contribution in [2.45, 2.75) is 37.8 Å². The molecule has 4 N–H and O–H groups in total. The second kappa shape index (κ2) is 5.72. The Morgan fingerprint density at radius 2 is 2.11 bits per heavy atom. The van der Waals surface area contributed by atoms with Crippen LogP contribution in [0.1, 0.15) is 25.3 Å². The molecule has 0 aliphatic heterocycles. The second-order valence-corrected chi connectivity index (χ2v) is 5.60. The first kappa shape index (κ1) is 14.0. The Kier molecular flexibility index (Phi) is 4.22. The molecule has 4 nitrogen and oxygen atoms in total. The van der Waals surface area contributed by atoms with Gasteiger partial charge >= 0.3 is 0 Å². The third kappa shape index (κ3) is 3.55. The summed E-state index contributed by atoms with van der Waals surface area (Å²) >= 11 is 0. The lowest BCUT2D eigenvalue weighted by molar-refractivity contribution is -0.127. The molecule has 1 aromatic rings. The summed E-state index contributed by atoms with van der Waals surface area (Å²) in [5.41, 5.74) is 6.34. The maximum atomic E-state index is 12.2. The van der Waals surface area contributed by atoms with Crippen LogP contribution in [0.2, 0.25) is 0 Å². The normalized spacial score (nSPS) is 19.5. The highest BCUT2D eigenvalue weighted by atomic mass is 16.3. The molecule has 1 aliphatic rings. The molecule has 1 amide bonds. The van der Waals surface area contributed by atoms with Crippen LogP contribution in [0.25, 0.3) is 0 Å². The molecule has 0 heterocycles. The van der Waals surface area contributed by atoms with Crippen molar-refractivity contribution in [1.29, 1.82) is 0 Å². The van der Waals surface area contributed by atoms with E-state index in [1.165, 1.54) is 0 Å². The second-order valence-electron chi connectivity index (χ2n) is 5.60. The predicted molar refractivity (Wildman–Crippen MR) is 74.5 cm³/mol. The van der Waals surface area contributed by atoms with Gasteiger partial charge in [-0.25, -0.2) is 0 Å². The Bertz CT molecular complexity index is 427. The number of hydrogen-bond acceptors (Lipinski definition) is 3. The SMILES string of the molecule is CC(N)(C(=O)NC(CO)Cc1ccccc1)C1CC1. The van der Waals surface area contributed by atoms with Crippen molar-refractivity contribution in [3.8, 4) is 0 Å². The van der Waals surface area contributed by atoms with E-state index in [0.29, 0.717) is 6.42 Å². The third-order valence-electron chi connectivity index (χ3n) is 3.80. The fourth-order valence-corrected chi connectivity index (χ4v) is 2.27. The zero-order valence-electron chi connectivity index (χ0n) is 11.3. The van der Waals surface area contributed by atoms with E-state index in [4.69, 9.17) is 5.73 Å². The summed E-state index contributed by atoms with van der Waals surface area (Å²) < 4.78 is 0. The molecular formula is C15H22N2O2. The number of amides is 1. The average molecular weight is 262 g/mol. The van der Waals surface area contributed by atoms with Gasteiger partial charge in [-0.2, -0.15) is 0 Å². The van der Waals surface area contributed by atoms with E-state index >= 15 is 0 Å². The van der Waals surface area contributed by atoms with Gasteiger partial charge in [0.1, 0.15) is 0 Å². The molecule has 0 saturated heterocycles. The minimum Gasteiger partial charge on any atom is -0.394 e. The highest BCUT2D eigenvalue weighted by molar-refractivity contribution is 5.86. The zero-order valence-corrected chi connectivity index (χ0v) is 11.3. The van der Waals surface area contributed by atoms with Gasteiger partial charge in [-0.1, -0.05) is 30.3 Å². The Morgan fingerprint density at radius 3 is 2.63 bits per heavy atom. The summed E-state index contributed by atoms with van der Waals surface area (Å²) in [7, 11) is 0. The maximum Gasteiger partial charge on any atom is 0.240 e. The molecule has 1 fully saturated rings. The van der Waals surface area contributed by atoms with Crippen molar-refractivity contribution in [2.24, 2.45) is 11.7 Å². The summed E-state index contributed by atoms with van der Waals surface area (Å²) in [6.07, 6.45) is 2.65.